The maximum absolute atomic E-state index is 5.82. The molecule has 2 aromatic heterocycles. The zero-order chi connectivity index (χ0) is 12.8. The summed E-state index contributed by atoms with van der Waals surface area (Å²) < 4.78 is 12.4. The first-order valence-electron chi connectivity index (χ1n) is 5.57. The predicted octanol–water partition coefficient (Wildman–Crippen LogP) is 2.17. The van der Waals surface area contributed by atoms with Gasteiger partial charge in [0.1, 0.15) is 11.5 Å². The number of fused-ring (bicyclic) bond motifs is 2. The Hall–Kier alpha value is -2.34. The summed E-state index contributed by atoms with van der Waals surface area (Å²) in [5, 5.41) is 8.60. The van der Waals surface area contributed by atoms with E-state index in [-0.39, 0.29) is 6.79 Å². The van der Waals surface area contributed by atoms with Crippen molar-refractivity contribution in [3.8, 4) is 22.9 Å². The largest absolute Gasteiger partial charge is 0.454 e. The summed E-state index contributed by atoms with van der Waals surface area (Å²) >= 11 is 5.82. The molecule has 19 heavy (non-hydrogen) atoms. The molecule has 0 spiro atoms. The predicted molar refractivity (Wildman–Crippen MR) is 67.4 cm³/mol. The molecule has 0 saturated carbocycles. The van der Waals surface area contributed by atoms with Crippen LogP contribution in [-0.2, 0) is 0 Å². The average molecular weight is 275 g/mol. The Balaban J connectivity index is 1.90. The highest BCUT2D eigenvalue weighted by Gasteiger charge is 2.16. The Labute approximate surface area is 112 Å². The van der Waals surface area contributed by atoms with E-state index >= 15 is 0 Å². The smallest absolute Gasteiger partial charge is 0.231 e. The van der Waals surface area contributed by atoms with Crippen LogP contribution in [0.4, 0.5) is 0 Å². The molecule has 94 valence electrons. The lowest BCUT2D eigenvalue weighted by Gasteiger charge is -2.01. The molecule has 0 bridgehead atoms. The van der Waals surface area contributed by atoms with Gasteiger partial charge in [-0.05, 0) is 18.2 Å². The number of benzene rings is 1. The summed E-state index contributed by atoms with van der Waals surface area (Å²) in [5.41, 5.74) is 1.52. The first-order chi connectivity index (χ1) is 9.31. The van der Waals surface area contributed by atoms with Gasteiger partial charge in [-0.15, -0.1) is 10.2 Å². The van der Waals surface area contributed by atoms with E-state index in [2.05, 4.69) is 15.2 Å². The highest BCUT2D eigenvalue weighted by Crippen LogP contribution is 2.35. The Morgan fingerprint density at radius 1 is 1.11 bits per heavy atom. The Morgan fingerprint density at radius 3 is 2.95 bits per heavy atom. The zero-order valence-electron chi connectivity index (χ0n) is 9.58. The van der Waals surface area contributed by atoms with Crippen LogP contribution < -0.4 is 9.47 Å². The second-order valence-corrected chi connectivity index (χ2v) is 4.42. The Bertz CT molecular complexity index is 786. The minimum Gasteiger partial charge on any atom is -0.454 e. The van der Waals surface area contributed by atoms with Crippen LogP contribution in [0.2, 0.25) is 5.15 Å². The fourth-order valence-corrected chi connectivity index (χ4v) is 2.15. The highest BCUT2D eigenvalue weighted by molar-refractivity contribution is 6.29. The lowest BCUT2D eigenvalue weighted by atomic mass is 10.2. The number of aromatic nitrogens is 4. The fourth-order valence-electron chi connectivity index (χ4n) is 2.00. The standard InChI is InChI=1S/C12H7ClN4O2/c13-10-4-11-15-16-12(17(11)5-14-10)7-1-2-8-9(3-7)19-6-18-8/h1-5H,6H2. The van der Waals surface area contributed by atoms with Gasteiger partial charge in [-0.2, -0.15) is 0 Å². The van der Waals surface area contributed by atoms with Gasteiger partial charge in [0.05, 0.1) is 0 Å². The zero-order valence-corrected chi connectivity index (χ0v) is 10.3. The van der Waals surface area contributed by atoms with Gasteiger partial charge in [0.25, 0.3) is 0 Å². The molecule has 0 aliphatic carbocycles. The van der Waals surface area contributed by atoms with Crippen molar-refractivity contribution in [2.24, 2.45) is 0 Å². The molecular formula is C12H7ClN4O2. The van der Waals surface area contributed by atoms with Crippen molar-refractivity contribution >= 4 is 17.2 Å². The number of ether oxygens (including phenoxy) is 2. The summed E-state index contributed by atoms with van der Waals surface area (Å²) in [5.74, 6) is 2.12. The van der Waals surface area contributed by atoms with Crippen molar-refractivity contribution in [3.05, 3.63) is 35.7 Å². The minimum absolute atomic E-state index is 0.247. The van der Waals surface area contributed by atoms with E-state index in [4.69, 9.17) is 21.1 Å². The van der Waals surface area contributed by atoms with E-state index in [1.54, 1.807) is 16.8 Å². The molecule has 0 fully saturated rings. The molecule has 0 N–H and O–H groups in total. The molecule has 1 aliphatic rings. The molecule has 0 radical (unpaired) electrons. The number of hydrogen-bond donors (Lipinski definition) is 0. The third kappa shape index (κ3) is 1.61. The van der Waals surface area contributed by atoms with Gasteiger partial charge >= 0.3 is 0 Å². The van der Waals surface area contributed by atoms with Crippen molar-refractivity contribution in [1.29, 1.82) is 0 Å². The number of nitrogens with zero attached hydrogens (tertiary/aromatic N) is 4. The van der Waals surface area contributed by atoms with Gasteiger partial charge in [-0.3, -0.25) is 4.40 Å². The van der Waals surface area contributed by atoms with Crippen LogP contribution in [-0.4, -0.2) is 26.4 Å². The van der Waals surface area contributed by atoms with E-state index < -0.39 is 0 Å². The maximum atomic E-state index is 5.82. The third-order valence-electron chi connectivity index (χ3n) is 2.90. The minimum atomic E-state index is 0.247. The number of halogens is 1. The number of hydrogen-bond acceptors (Lipinski definition) is 5. The Kier molecular flexibility index (Phi) is 2.13. The summed E-state index contributed by atoms with van der Waals surface area (Å²) in [4.78, 5) is 4.03. The molecular weight excluding hydrogens is 268 g/mol. The summed E-state index contributed by atoms with van der Waals surface area (Å²) in [7, 11) is 0. The quantitative estimate of drug-likeness (QED) is 0.637. The molecule has 0 saturated heterocycles. The molecule has 3 aromatic rings. The highest BCUT2D eigenvalue weighted by atomic mass is 35.5. The molecule has 0 unspecified atom stereocenters. The molecule has 0 atom stereocenters. The average Bonchev–Trinajstić information content (AvgIpc) is 3.02. The van der Waals surface area contributed by atoms with E-state index in [0.29, 0.717) is 22.4 Å². The van der Waals surface area contributed by atoms with Crippen LogP contribution in [0.15, 0.2) is 30.6 Å². The SMILES string of the molecule is Clc1cc2nnc(-c3ccc4c(c3)OCO4)n2cn1. The van der Waals surface area contributed by atoms with Crippen LogP contribution in [0.1, 0.15) is 0 Å². The van der Waals surface area contributed by atoms with Crippen molar-refractivity contribution in [2.75, 3.05) is 6.79 Å². The van der Waals surface area contributed by atoms with Crippen LogP contribution in [0, 0.1) is 0 Å². The summed E-state index contributed by atoms with van der Waals surface area (Å²) in [6.45, 7) is 0.247. The van der Waals surface area contributed by atoms with Crippen molar-refractivity contribution in [1.82, 2.24) is 19.6 Å². The van der Waals surface area contributed by atoms with E-state index in [1.807, 2.05) is 18.2 Å². The number of rotatable bonds is 1. The van der Waals surface area contributed by atoms with Crippen molar-refractivity contribution < 1.29 is 9.47 Å². The van der Waals surface area contributed by atoms with Gasteiger partial charge in [0.15, 0.2) is 23.0 Å². The van der Waals surface area contributed by atoms with Gasteiger partial charge in [-0.25, -0.2) is 4.98 Å². The molecule has 1 aliphatic heterocycles. The van der Waals surface area contributed by atoms with Crippen LogP contribution in [0.3, 0.4) is 0 Å². The second kappa shape index (κ2) is 3.83. The lowest BCUT2D eigenvalue weighted by molar-refractivity contribution is 0.174. The molecule has 1 aromatic carbocycles. The van der Waals surface area contributed by atoms with Gasteiger partial charge in [-0.1, -0.05) is 11.6 Å². The lowest BCUT2D eigenvalue weighted by Crippen LogP contribution is -1.93. The van der Waals surface area contributed by atoms with Gasteiger partial charge < -0.3 is 9.47 Å². The van der Waals surface area contributed by atoms with Gasteiger partial charge in [0, 0.05) is 11.6 Å². The molecule has 3 heterocycles. The van der Waals surface area contributed by atoms with Crippen molar-refractivity contribution in [2.45, 2.75) is 0 Å². The van der Waals surface area contributed by atoms with E-state index in [1.165, 1.54) is 0 Å². The second-order valence-electron chi connectivity index (χ2n) is 4.03. The summed E-state index contributed by atoms with van der Waals surface area (Å²) in [6.07, 6.45) is 1.59. The molecule has 0 amide bonds. The first kappa shape index (κ1) is 10.6. The van der Waals surface area contributed by atoms with Crippen LogP contribution in [0.5, 0.6) is 11.5 Å². The molecule has 6 nitrogen and oxygen atoms in total. The topological polar surface area (TPSA) is 61.5 Å². The van der Waals surface area contributed by atoms with E-state index in [0.717, 1.165) is 11.3 Å². The molecule has 4 rings (SSSR count). The molecule has 7 heteroatoms. The van der Waals surface area contributed by atoms with E-state index in [9.17, 15) is 0 Å². The first-order valence-corrected chi connectivity index (χ1v) is 5.95. The van der Waals surface area contributed by atoms with Crippen LogP contribution in [0.25, 0.3) is 17.0 Å². The monoisotopic (exact) mass is 274 g/mol. The summed E-state index contributed by atoms with van der Waals surface area (Å²) in [6, 6.07) is 7.28. The third-order valence-corrected chi connectivity index (χ3v) is 3.10. The normalized spacial score (nSPS) is 13.1. The Morgan fingerprint density at radius 2 is 2.00 bits per heavy atom. The van der Waals surface area contributed by atoms with Crippen LogP contribution >= 0.6 is 11.6 Å². The fraction of sp³-hybridized carbons (Fsp3) is 0.0833. The van der Waals surface area contributed by atoms with Gasteiger partial charge in [0.2, 0.25) is 6.79 Å². The maximum Gasteiger partial charge on any atom is 0.231 e. The van der Waals surface area contributed by atoms with Crippen molar-refractivity contribution in [3.63, 3.8) is 0 Å².